The number of carbonyl (C=O) groups excluding carboxylic acids is 1. The van der Waals surface area contributed by atoms with Gasteiger partial charge in [-0.2, -0.15) is 0 Å². The van der Waals surface area contributed by atoms with Gasteiger partial charge in [-0.15, -0.1) is 10.2 Å². The standard InChI is InChI=1S/C21H24N4O2S/c1-14(16-7-4-3-5-8-16)22-20(26)15(2)28-21-24-23-19(17-10-11-17)25(21)13-18-9-6-12-27-18/h3-9,12,14-15,17H,10-11,13H2,1-2H3,(H,22,26). The van der Waals surface area contributed by atoms with Gasteiger partial charge in [-0.25, -0.2) is 0 Å². The van der Waals surface area contributed by atoms with Crippen molar-refractivity contribution in [3.05, 3.63) is 65.9 Å². The smallest absolute Gasteiger partial charge is 0.233 e. The summed E-state index contributed by atoms with van der Waals surface area (Å²) >= 11 is 1.44. The fraction of sp³-hybridized carbons (Fsp3) is 0.381. The molecule has 1 N–H and O–H groups in total. The minimum absolute atomic E-state index is 0.0122. The molecule has 0 bridgehead atoms. The maximum absolute atomic E-state index is 12.7. The van der Waals surface area contributed by atoms with Crippen molar-refractivity contribution in [1.82, 2.24) is 20.1 Å². The van der Waals surface area contributed by atoms with E-state index in [0.717, 1.165) is 35.1 Å². The van der Waals surface area contributed by atoms with Gasteiger partial charge in [0.25, 0.3) is 0 Å². The Morgan fingerprint density at radius 3 is 2.68 bits per heavy atom. The minimum atomic E-state index is -0.280. The van der Waals surface area contributed by atoms with Gasteiger partial charge in [0.05, 0.1) is 24.1 Å². The molecule has 1 aromatic carbocycles. The Bertz CT molecular complexity index is 919. The lowest BCUT2D eigenvalue weighted by Gasteiger charge is -2.18. The largest absolute Gasteiger partial charge is 0.467 e. The van der Waals surface area contributed by atoms with Crippen molar-refractivity contribution in [2.24, 2.45) is 0 Å². The van der Waals surface area contributed by atoms with Crippen LogP contribution in [-0.4, -0.2) is 25.9 Å². The monoisotopic (exact) mass is 396 g/mol. The van der Waals surface area contributed by atoms with E-state index in [1.54, 1.807) is 6.26 Å². The van der Waals surface area contributed by atoms with Gasteiger partial charge in [-0.1, -0.05) is 42.1 Å². The lowest BCUT2D eigenvalue weighted by molar-refractivity contribution is -0.120. The number of amides is 1. The molecule has 2 heterocycles. The zero-order valence-electron chi connectivity index (χ0n) is 16.0. The first-order valence-corrected chi connectivity index (χ1v) is 10.5. The molecule has 6 nitrogen and oxygen atoms in total. The van der Waals surface area contributed by atoms with Gasteiger partial charge >= 0.3 is 0 Å². The second-order valence-electron chi connectivity index (χ2n) is 7.18. The first kappa shape index (κ1) is 18.8. The summed E-state index contributed by atoms with van der Waals surface area (Å²) in [7, 11) is 0. The minimum Gasteiger partial charge on any atom is -0.467 e. The molecule has 1 amide bonds. The fourth-order valence-electron chi connectivity index (χ4n) is 3.11. The molecule has 28 heavy (non-hydrogen) atoms. The number of hydrogen-bond donors (Lipinski definition) is 1. The normalized spacial score (nSPS) is 15.9. The third kappa shape index (κ3) is 4.30. The van der Waals surface area contributed by atoms with Crippen LogP contribution >= 0.6 is 11.8 Å². The molecule has 1 aliphatic rings. The van der Waals surface area contributed by atoms with Crippen molar-refractivity contribution < 1.29 is 9.21 Å². The Labute approximate surface area is 168 Å². The van der Waals surface area contributed by atoms with Crippen LogP contribution in [0.5, 0.6) is 0 Å². The summed E-state index contributed by atoms with van der Waals surface area (Å²) in [4.78, 5) is 12.7. The summed E-state index contributed by atoms with van der Waals surface area (Å²) in [6, 6.07) is 13.8. The van der Waals surface area contributed by atoms with E-state index in [9.17, 15) is 4.79 Å². The third-order valence-corrected chi connectivity index (χ3v) is 5.97. The molecule has 0 aliphatic heterocycles. The lowest BCUT2D eigenvalue weighted by atomic mass is 10.1. The van der Waals surface area contributed by atoms with Crippen molar-refractivity contribution >= 4 is 17.7 Å². The average molecular weight is 397 g/mol. The van der Waals surface area contributed by atoms with E-state index in [-0.39, 0.29) is 17.2 Å². The van der Waals surface area contributed by atoms with Crippen molar-refractivity contribution in [3.8, 4) is 0 Å². The number of rotatable bonds is 8. The van der Waals surface area contributed by atoms with Gasteiger partial charge in [0.1, 0.15) is 11.6 Å². The first-order valence-electron chi connectivity index (χ1n) is 9.59. The molecule has 4 rings (SSSR count). The SMILES string of the molecule is CC(Sc1nnc(C2CC2)n1Cc1ccco1)C(=O)NC(C)c1ccccc1. The quantitative estimate of drug-likeness (QED) is 0.579. The van der Waals surface area contributed by atoms with Gasteiger partial charge in [-0.3, -0.25) is 9.36 Å². The van der Waals surface area contributed by atoms with E-state index in [2.05, 4.69) is 20.1 Å². The van der Waals surface area contributed by atoms with E-state index in [1.807, 2.05) is 56.3 Å². The van der Waals surface area contributed by atoms with Gasteiger partial charge in [0.2, 0.25) is 5.91 Å². The summed E-state index contributed by atoms with van der Waals surface area (Å²) in [6.45, 7) is 4.48. The van der Waals surface area contributed by atoms with Crippen molar-refractivity contribution in [3.63, 3.8) is 0 Å². The predicted octanol–water partition coefficient (Wildman–Crippen LogP) is 4.15. The summed E-state index contributed by atoms with van der Waals surface area (Å²) < 4.78 is 7.59. The van der Waals surface area contributed by atoms with Crippen LogP contribution in [0, 0.1) is 0 Å². The number of benzene rings is 1. The van der Waals surface area contributed by atoms with E-state index in [0.29, 0.717) is 12.5 Å². The zero-order chi connectivity index (χ0) is 19.5. The van der Waals surface area contributed by atoms with Crippen molar-refractivity contribution in [2.45, 2.75) is 55.6 Å². The highest BCUT2D eigenvalue weighted by Crippen LogP contribution is 2.40. The van der Waals surface area contributed by atoms with Gasteiger partial charge < -0.3 is 9.73 Å². The summed E-state index contributed by atoms with van der Waals surface area (Å²) in [5.41, 5.74) is 1.09. The van der Waals surface area contributed by atoms with Crippen molar-refractivity contribution in [1.29, 1.82) is 0 Å². The topological polar surface area (TPSA) is 73.0 Å². The molecule has 3 aromatic rings. The highest BCUT2D eigenvalue weighted by atomic mass is 32.2. The fourth-order valence-corrected chi connectivity index (χ4v) is 3.97. The second kappa shape index (κ2) is 8.22. The third-order valence-electron chi connectivity index (χ3n) is 4.89. The molecule has 0 spiro atoms. The number of thioether (sulfide) groups is 1. The van der Waals surface area contributed by atoms with E-state index < -0.39 is 0 Å². The molecule has 0 radical (unpaired) electrons. The molecule has 2 aromatic heterocycles. The number of nitrogens with one attached hydrogen (secondary N) is 1. The van der Waals surface area contributed by atoms with Crippen LogP contribution in [0.15, 0.2) is 58.3 Å². The highest BCUT2D eigenvalue weighted by molar-refractivity contribution is 8.00. The maximum Gasteiger partial charge on any atom is 0.233 e. The number of furan rings is 1. The molecule has 1 saturated carbocycles. The van der Waals surface area contributed by atoms with E-state index >= 15 is 0 Å². The number of aromatic nitrogens is 3. The van der Waals surface area contributed by atoms with Crippen LogP contribution in [0.4, 0.5) is 0 Å². The number of hydrogen-bond acceptors (Lipinski definition) is 5. The van der Waals surface area contributed by atoms with E-state index in [4.69, 9.17) is 4.42 Å². The Balaban J connectivity index is 1.45. The zero-order valence-corrected chi connectivity index (χ0v) is 16.9. The van der Waals surface area contributed by atoms with Gasteiger partial charge in [0.15, 0.2) is 5.16 Å². The lowest BCUT2D eigenvalue weighted by Crippen LogP contribution is -2.33. The summed E-state index contributed by atoms with van der Waals surface area (Å²) in [5.74, 6) is 2.31. The van der Waals surface area contributed by atoms with Crippen LogP contribution in [0.25, 0.3) is 0 Å². The maximum atomic E-state index is 12.7. The molecule has 146 valence electrons. The second-order valence-corrected chi connectivity index (χ2v) is 8.49. The predicted molar refractivity (Wildman–Crippen MR) is 108 cm³/mol. The summed E-state index contributed by atoms with van der Waals surface area (Å²) in [5, 5.41) is 12.3. The average Bonchev–Trinajstić information content (AvgIpc) is 3.28. The molecule has 1 fully saturated rings. The number of carbonyl (C=O) groups is 1. The van der Waals surface area contributed by atoms with Crippen LogP contribution < -0.4 is 5.32 Å². The number of nitrogens with zero attached hydrogens (tertiary/aromatic N) is 3. The van der Waals surface area contributed by atoms with Crippen LogP contribution in [0.1, 0.15) is 55.8 Å². The van der Waals surface area contributed by atoms with Crippen LogP contribution in [0.3, 0.4) is 0 Å². The Morgan fingerprint density at radius 1 is 1.21 bits per heavy atom. The molecule has 7 heteroatoms. The Hall–Kier alpha value is -2.54. The summed E-state index contributed by atoms with van der Waals surface area (Å²) in [6.07, 6.45) is 3.96. The molecule has 2 atom stereocenters. The van der Waals surface area contributed by atoms with E-state index in [1.165, 1.54) is 11.8 Å². The molecule has 2 unspecified atom stereocenters. The molecular weight excluding hydrogens is 372 g/mol. The van der Waals surface area contributed by atoms with Gasteiger partial charge in [0, 0.05) is 5.92 Å². The Kier molecular flexibility index (Phi) is 5.52. The van der Waals surface area contributed by atoms with Crippen LogP contribution in [-0.2, 0) is 11.3 Å². The highest BCUT2D eigenvalue weighted by Gasteiger charge is 2.31. The van der Waals surface area contributed by atoms with Gasteiger partial charge in [-0.05, 0) is 44.4 Å². The molecular formula is C21H24N4O2S. The van der Waals surface area contributed by atoms with Crippen LogP contribution in [0.2, 0.25) is 0 Å². The van der Waals surface area contributed by atoms with Crippen molar-refractivity contribution in [2.75, 3.05) is 0 Å². The Morgan fingerprint density at radius 2 is 2.00 bits per heavy atom. The molecule has 0 saturated heterocycles. The first-order chi connectivity index (χ1) is 13.6. The molecule has 1 aliphatic carbocycles.